The van der Waals surface area contributed by atoms with Crippen LogP contribution in [0.15, 0.2) is 18.3 Å². The lowest BCUT2D eigenvalue weighted by atomic mass is 10.1. The van der Waals surface area contributed by atoms with E-state index in [4.69, 9.17) is 4.74 Å². The highest BCUT2D eigenvalue weighted by Crippen LogP contribution is 2.12. The first-order valence-electron chi connectivity index (χ1n) is 6.16. The summed E-state index contributed by atoms with van der Waals surface area (Å²) in [6, 6.07) is 4.02. The third-order valence-corrected chi connectivity index (χ3v) is 3.20. The highest BCUT2D eigenvalue weighted by atomic mass is 16.5. The van der Waals surface area contributed by atoms with Crippen LogP contribution in [0, 0.1) is 6.92 Å². The fraction of sp³-hybridized carbons (Fsp3) is 0.538. The molecule has 0 saturated carbocycles. The molecule has 0 spiro atoms. The van der Waals surface area contributed by atoms with Crippen LogP contribution in [0.4, 0.5) is 0 Å². The number of hydrogen-bond acceptors (Lipinski definition) is 4. The van der Waals surface area contributed by atoms with Crippen LogP contribution in [-0.2, 0) is 16.1 Å². The van der Waals surface area contributed by atoms with E-state index in [9.17, 15) is 4.79 Å². The number of aryl methyl sites for hydroxylation is 1. The van der Waals surface area contributed by atoms with Crippen molar-refractivity contribution >= 4 is 5.91 Å². The first-order chi connectivity index (χ1) is 8.70. The van der Waals surface area contributed by atoms with Crippen molar-refractivity contribution in [1.29, 1.82) is 0 Å². The topological polar surface area (TPSA) is 54.5 Å². The summed E-state index contributed by atoms with van der Waals surface area (Å²) in [7, 11) is 1.63. The minimum atomic E-state index is -0.360. The van der Waals surface area contributed by atoms with Crippen molar-refractivity contribution in [1.82, 2.24) is 15.2 Å². The number of ether oxygens (including phenoxy) is 1. The second-order valence-corrected chi connectivity index (χ2v) is 4.46. The maximum Gasteiger partial charge on any atom is 0.250 e. The number of morpholine rings is 1. The van der Waals surface area contributed by atoms with Crippen molar-refractivity contribution in [2.75, 3.05) is 26.7 Å². The van der Waals surface area contributed by atoms with Gasteiger partial charge in [-0.3, -0.25) is 14.7 Å². The molecule has 1 fully saturated rings. The Balaban J connectivity index is 1.98. The van der Waals surface area contributed by atoms with Gasteiger partial charge in [0.25, 0.3) is 0 Å². The lowest BCUT2D eigenvalue weighted by Crippen LogP contribution is -2.48. The highest BCUT2D eigenvalue weighted by Gasteiger charge is 2.25. The summed E-state index contributed by atoms with van der Waals surface area (Å²) in [5.74, 6) is -0.0531. The second-order valence-electron chi connectivity index (χ2n) is 4.46. The number of pyridine rings is 1. The third kappa shape index (κ3) is 3.05. The summed E-state index contributed by atoms with van der Waals surface area (Å²) in [6.07, 6.45) is 1.44. The zero-order chi connectivity index (χ0) is 13.0. The van der Waals surface area contributed by atoms with Gasteiger partial charge in [0.15, 0.2) is 0 Å². The first-order valence-corrected chi connectivity index (χ1v) is 6.16. The number of amides is 1. The van der Waals surface area contributed by atoms with Gasteiger partial charge in [-0.1, -0.05) is 6.07 Å². The number of carbonyl (C=O) groups excluding carboxylic acids is 1. The van der Waals surface area contributed by atoms with E-state index in [-0.39, 0.29) is 12.0 Å². The SMILES string of the molecule is CNC(=O)[C@@H]1CN(Cc2cccnc2C)CCO1. The van der Waals surface area contributed by atoms with Crippen LogP contribution < -0.4 is 5.32 Å². The summed E-state index contributed by atoms with van der Waals surface area (Å²) in [5.41, 5.74) is 2.25. The Morgan fingerprint density at radius 3 is 3.22 bits per heavy atom. The molecule has 1 atom stereocenters. The fourth-order valence-electron chi connectivity index (χ4n) is 2.09. The van der Waals surface area contributed by atoms with Crippen molar-refractivity contribution in [3.05, 3.63) is 29.6 Å². The van der Waals surface area contributed by atoms with E-state index in [2.05, 4.69) is 21.3 Å². The van der Waals surface area contributed by atoms with Crippen molar-refractivity contribution in [2.24, 2.45) is 0 Å². The fourth-order valence-corrected chi connectivity index (χ4v) is 2.09. The molecule has 1 aliphatic rings. The van der Waals surface area contributed by atoms with E-state index in [1.807, 2.05) is 13.0 Å². The molecule has 0 aromatic carbocycles. The van der Waals surface area contributed by atoms with Crippen molar-refractivity contribution in [3.8, 4) is 0 Å². The van der Waals surface area contributed by atoms with Crippen LogP contribution in [0.1, 0.15) is 11.3 Å². The summed E-state index contributed by atoms with van der Waals surface area (Å²) in [6.45, 7) is 4.90. The molecule has 98 valence electrons. The monoisotopic (exact) mass is 249 g/mol. The minimum absolute atomic E-state index is 0.0531. The quantitative estimate of drug-likeness (QED) is 0.839. The van der Waals surface area contributed by atoms with Crippen LogP contribution in [-0.4, -0.2) is 48.6 Å². The van der Waals surface area contributed by atoms with E-state index in [1.54, 1.807) is 13.2 Å². The number of likely N-dealkylation sites (N-methyl/N-ethyl adjacent to an activating group) is 1. The van der Waals surface area contributed by atoms with Crippen LogP contribution in [0.25, 0.3) is 0 Å². The predicted octanol–water partition coefficient (Wildman–Crippen LogP) is 0.337. The van der Waals surface area contributed by atoms with Gasteiger partial charge in [-0.15, -0.1) is 0 Å². The van der Waals surface area contributed by atoms with E-state index in [1.165, 1.54) is 5.56 Å². The second kappa shape index (κ2) is 5.93. The highest BCUT2D eigenvalue weighted by molar-refractivity contribution is 5.80. The number of nitrogens with zero attached hydrogens (tertiary/aromatic N) is 2. The van der Waals surface area contributed by atoms with Crippen molar-refractivity contribution in [2.45, 2.75) is 19.6 Å². The van der Waals surface area contributed by atoms with Gasteiger partial charge in [-0.25, -0.2) is 0 Å². The average molecular weight is 249 g/mol. The zero-order valence-electron chi connectivity index (χ0n) is 10.8. The van der Waals surface area contributed by atoms with E-state index in [0.717, 1.165) is 18.8 Å². The van der Waals surface area contributed by atoms with E-state index in [0.29, 0.717) is 13.2 Å². The Morgan fingerprint density at radius 2 is 2.50 bits per heavy atom. The standard InChI is InChI=1S/C13H19N3O2/c1-10-11(4-3-5-15-10)8-16-6-7-18-12(9-16)13(17)14-2/h3-5,12H,6-9H2,1-2H3,(H,14,17)/t12-/m0/s1. The Bertz CT molecular complexity index is 422. The lowest BCUT2D eigenvalue weighted by molar-refractivity contribution is -0.138. The molecule has 5 heteroatoms. The molecule has 1 amide bonds. The molecule has 1 aromatic rings. The van der Waals surface area contributed by atoms with Gasteiger partial charge in [0.05, 0.1) is 6.61 Å². The van der Waals surface area contributed by atoms with Crippen molar-refractivity contribution < 1.29 is 9.53 Å². The smallest absolute Gasteiger partial charge is 0.250 e. The molecule has 2 rings (SSSR count). The van der Waals surface area contributed by atoms with Gasteiger partial charge in [0, 0.05) is 38.6 Å². The summed E-state index contributed by atoms with van der Waals surface area (Å²) >= 11 is 0. The van der Waals surface area contributed by atoms with Gasteiger partial charge < -0.3 is 10.1 Å². The summed E-state index contributed by atoms with van der Waals surface area (Å²) < 4.78 is 5.46. The molecule has 5 nitrogen and oxygen atoms in total. The Hall–Kier alpha value is -1.46. The molecular weight excluding hydrogens is 230 g/mol. The van der Waals surface area contributed by atoms with Crippen LogP contribution in [0.2, 0.25) is 0 Å². The minimum Gasteiger partial charge on any atom is -0.366 e. The van der Waals surface area contributed by atoms with E-state index < -0.39 is 0 Å². The van der Waals surface area contributed by atoms with E-state index >= 15 is 0 Å². The van der Waals surface area contributed by atoms with Crippen LogP contribution in [0.3, 0.4) is 0 Å². The third-order valence-electron chi connectivity index (χ3n) is 3.20. The molecule has 2 heterocycles. The summed E-state index contributed by atoms with van der Waals surface area (Å²) in [4.78, 5) is 18.1. The lowest BCUT2D eigenvalue weighted by Gasteiger charge is -2.32. The number of nitrogens with one attached hydrogen (secondary N) is 1. The maximum atomic E-state index is 11.6. The van der Waals surface area contributed by atoms with Gasteiger partial charge in [0.2, 0.25) is 5.91 Å². The molecule has 1 N–H and O–H groups in total. The van der Waals surface area contributed by atoms with Crippen molar-refractivity contribution in [3.63, 3.8) is 0 Å². The Kier molecular flexibility index (Phi) is 4.28. The largest absolute Gasteiger partial charge is 0.366 e. The predicted molar refractivity (Wildman–Crippen MR) is 68.1 cm³/mol. The van der Waals surface area contributed by atoms with Gasteiger partial charge in [-0.2, -0.15) is 0 Å². The van der Waals surface area contributed by atoms with Gasteiger partial charge in [0.1, 0.15) is 6.10 Å². The average Bonchev–Trinajstić information content (AvgIpc) is 2.41. The van der Waals surface area contributed by atoms with Gasteiger partial charge in [-0.05, 0) is 18.6 Å². The van der Waals surface area contributed by atoms with Gasteiger partial charge >= 0.3 is 0 Å². The Labute approximate surface area is 107 Å². The number of carbonyl (C=O) groups is 1. The summed E-state index contributed by atoms with van der Waals surface area (Å²) in [5, 5.41) is 2.63. The zero-order valence-corrected chi connectivity index (χ0v) is 10.8. The molecule has 0 unspecified atom stereocenters. The molecule has 1 aromatic heterocycles. The molecule has 0 bridgehead atoms. The van der Waals surface area contributed by atoms with Crippen LogP contribution >= 0.6 is 0 Å². The maximum absolute atomic E-state index is 11.6. The Morgan fingerprint density at radius 1 is 1.67 bits per heavy atom. The van der Waals surface area contributed by atoms with Crippen LogP contribution in [0.5, 0.6) is 0 Å². The molecular formula is C13H19N3O2. The normalized spacial score (nSPS) is 20.7. The number of aromatic nitrogens is 1. The molecule has 18 heavy (non-hydrogen) atoms. The molecule has 0 aliphatic carbocycles. The molecule has 0 radical (unpaired) electrons. The first kappa shape index (κ1) is 13.0. The number of hydrogen-bond donors (Lipinski definition) is 1. The number of rotatable bonds is 3. The molecule has 1 aliphatic heterocycles. The molecule has 1 saturated heterocycles.